The maximum absolute atomic E-state index is 5.97. The van der Waals surface area contributed by atoms with Crippen molar-refractivity contribution < 1.29 is 9.15 Å². The molecule has 0 unspecified atom stereocenters. The molecule has 124 valence electrons. The Kier molecular flexibility index (Phi) is 4.15. The Hall–Kier alpha value is -2.44. The summed E-state index contributed by atoms with van der Waals surface area (Å²) >= 11 is 0. The summed E-state index contributed by atoms with van der Waals surface area (Å²) in [7, 11) is 0. The molecule has 1 aliphatic rings. The summed E-state index contributed by atoms with van der Waals surface area (Å²) in [6.07, 6.45) is 0.0823. The van der Waals surface area contributed by atoms with E-state index in [1.165, 1.54) is 0 Å². The summed E-state index contributed by atoms with van der Waals surface area (Å²) in [4.78, 5) is 0. The van der Waals surface area contributed by atoms with E-state index >= 15 is 0 Å². The van der Waals surface area contributed by atoms with Gasteiger partial charge in [-0.1, -0.05) is 35.5 Å². The summed E-state index contributed by atoms with van der Waals surface area (Å²) in [6, 6.07) is 14.1. The summed E-state index contributed by atoms with van der Waals surface area (Å²) in [6.45, 7) is 4.64. The Labute approximate surface area is 140 Å². The minimum Gasteiger partial charge on any atom is -0.465 e. The van der Waals surface area contributed by atoms with Crippen molar-refractivity contribution in [1.29, 1.82) is 0 Å². The second-order valence-electron chi connectivity index (χ2n) is 6.01. The van der Waals surface area contributed by atoms with Crippen LogP contribution in [0.15, 0.2) is 46.9 Å². The van der Waals surface area contributed by atoms with Crippen LogP contribution in [0.1, 0.15) is 17.2 Å². The number of furan rings is 1. The summed E-state index contributed by atoms with van der Waals surface area (Å²) < 4.78 is 13.5. The van der Waals surface area contributed by atoms with Gasteiger partial charge in [0, 0.05) is 12.1 Å². The molecule has 0 bridgehead atoms. The number of hydrogen-bond acceptors (Lipinski definition) is 5. The van der Waals surface area contributed by atoms with Crippen LogP contribution in [0.2, 0.25) is 0 Å². The molecule has 3 heterocycles. The Morgan fingerprint density at radius 1 is 1.21 bits per heavy atom. The van der Waals surface area contributed by atoms with E-state index in [1.807, 2.05) is 54.1 Å². The average Bonchev–Trinajstić information content (AvgIpc) is 3.21. The predicted molar refractivity (Wildman–Crippen MR) is 89.2 cm³/mol. The van der Waals surface area contributed by atoms with Crippen molar-refractivity contribution in [3.8, 4) is 11.3 Å². The Morgan fingerprint density at radius 2 is 2.08 bits per heavy atom. The van der Waals surface area contributed by atoms with Crippen molar-refractivity contribution >= 4 is 0 Å². The number of fused-ring (bicyclic) bond motifs is 1. The molecule has 1 aromatic carbocycles. The van der Waals surface area contributed by atoms with Crippen molar-refractivity contribution in [2.45, 2.75) is 32.7 Å². The van der Waals surface area contributed by atoms with Gasteiger partial charge in [0.25, 0.3) is 0 Å². The highest BCUT2D eigenvalue weighted by Crippen LogP contribution is 2.24. The highest BCUT2D eigenvalue weighted by molar-refractivity contribution is 5.61. The molecule has 0 fully saturated rings. The number of ether oxygens (including phenoxy) is 1. The molecule has 4 rings (SSSR count). The monoisotopic (exact) mass is 324 g/mol. The number of nitrogens with zero attached hydrogens (tertiary/aromatic N) is 3. The van der Waals surface area contributed by atoms with Gasteiger partial charge >= 0.3 is 0 Å². The van der Waals surface area contributed by atoms with E-state index in [-0.39, 0.29) is 6.10 Å². The number of aromatic nitrogens is 3. The third kappa shape index (κ3) is 3.11. The molecule has 0 amide bonds. The zero-order valence-electron chi connectivity index (χ0n) is 13.6. The predicted octanol–water partition coefficient (Wildman–Crippen LogP) is 2.54. The van der Waals surface area contributed by atoms with Gasteiger partial charge in [-0.3, -0.25) is 0 Å². The zero-order valence-corrected chi connectivity index (χ0v) is 13.6. The van der Waals surface area contributed by atoms with Gasteiger partial charge in [-0.15, -0.1) is 5.10 Å². The molecule has 0 radical (unpaired) electrons. The van der Waals surface area contributed by atoms with Crippen LogP contribution in [0.5, 0.6) is 0 Å². The number of benzene rings is 1. The molecule has 6 heteroatoms. The van der Waals surface area contributed by atoms with Gasteiger partial charge in [0.1, 0.15) is 17.2 Å². The van der Waals surface area contributed by atoms with Gasteiger partial charge in [0.05, 0.1) is 31.5 Å². The molecule has 0 saturated carbocycles. The lowest BCUT2D eigenvalue weighted by Gasteiger charge is -2.24. The topological polar surface area (TPSA) is 65.1 Å². The van der Waals surface area contributed by atoms with Crippen molar-refractivity contribution in [3.63, 3.8) is 0 Å². The fraction of sp³-hybridized carbons (Fsp3) is 0.333. The smallest absolute Gasteiger partial charge is 0.118 e. The van der Waals surface area contributed by atoms with Crippen molar-refractivity contribution in [2.75, 3.05) is 6.54 Å². The lowest BCUT2D eigenvalue weighted by molar-refractivity contribution is 0.00106. The molecule has 1 atom stereocenters. The third-order valence-corrected chi connectivity index (χ3v) is 4.18. The van der Waals surface area contributed by atoms with E-state index in [4.69, 9.17) is 9.15 Å². The second kappa shape index (κ2) is 6.59. The fourth-order valence-electron chi connectivity index (χ4n) is 2.94. The van der Waals surface area contributed by atoms with Gasteiger partial charge in [-0.25, -0.2) is 4.68 Å². The maximum Gasteiger partial charge on any atom is 0.118 e. The quantitative estimate of drug-likeness (QED) is 0.781. The maximum atomic E-state index is 5.97. The van der Waals surface area contributed by atoms with Crippen LogP contribution in [-0.4, -0.2) is 27.6 Å². The van der Waals surface area contributed by atoms with Crippen molar-refractivity contribution in [1.82, 2.24) is 20.3 Å². The molecular weight excluding hydrogens is 304 g/mol. The van der Waals surface area contributed by atoms with Crippen LogP contribution in [0.25, 0.3) is 11.3 Å². The molecule has 1 N–H and O–H groups in total. The largest absolute Gasteiger partial charge is 0.465 e. The molecule has 2 aromatic heterocycles. The summed E-state index contributed by atoms with van der Waals surface area (Å²) in [5, 5.41) is 12.0. The minimum absolute atomic E-state index is 0.0823. The van der Waals surface area contributed by atoms with Crippen LogP contribution in [-0.2, 0) is 24.4 Å². The van der Waals surface area contributed by atoms with Crippen molar-refractivity contribution in [2.24, 2.45) is 0 Å². The average molecular weight is 324 g/mol. The Bertz CT molecular complexity index is 810. The highest BCUT2D eigenvalue weighted by Gasteiger charge is 2.24. The first kappa shape index (κ1) is 15.1. The molecular formula is C18H20N4O2. The van der Waals surface area contributed by atoms with Crippen molar-refractivity contribution in [3.05, 3.63) is 59.7 Å². The molecule has 6 nitrogen and oxygen atoms in total. The zero-order chi connectivity index (χ0) is 16.4. The standard InChI is InChI=1S/C18H20N4O2/c1-13-7-8-15(24-13)9-19-10-16-11-22-17(12-23-16)18(20-21-22)14-5-3-2-4-6-14/h2-8,16,19H,9-12H2,1H3/t16-/m1/s1. The molecule has 0 spiro atoms. The molecule has 1 aliphatic heterocycles. The molecule has 24 heavy (non-hydrogen) atoms. The minimum atomic E-state index is 0.0823. The first-order chi connectivity index (χ1) is 11.8. The highest BCUT2D eigenvalue weighted by atomic mass is 16.5. The normalized spacial score (nSPS) is 17.0. The third-order valence-electron chi connectivity index (χ3n) is 4.18. The van der Waals surface area contributed by atoms with E-state index < -0.39 is 0 Å². The lowest BCUT2D eigenvalue weighted by atomic mass is 10.1. The number of hydrogen-bond donors (Lipinski definition) is 1. The van der Waals surface area contributed by atoms with Gasteiger partial charge < -0.3 is 14.5 Å². The second-order valence-corrected chi connectivity index (χ2v) is 6.01. The Balaban J connectivity index is 1.37. The number of rotatable bonds is 5. The van der Waals surface area contributed by atoms with Crippen LogP contribution >= 0.6 is 0 Å². The summed E-state index contributed by atoms with van der Waals surface area (Å²) in [5.41, 5.74) is 3.03. The van der Waals surface area contributed by atoms with E-state index in [1.54, 1.807) is 0 Å². The van der Waals surface area contributed by atoms with E-state index in [2.05, 4.69) is 15.6 Å². The summed E-state index contributed by atoms with van der Waals surface area (Å²) in [5.74, 6) is 1.87. The SMILES string of the molecule is Cc1ccc(CNC[C@@H]2Cn3nnc(-c4ccccc4)c3CO2)o1. The van der Waals surface area contributed by atoms with Crippen LogP contribution in [0, 0.1) is 6.92 Å². The van der Waals surface area contributed by atoms with Crippen LogP contribution in [0.3, 0.4) is 0 Å². The van der Waals surface area contributed by atoms with Gasteiger partial charge in [0.15, 0.2) is 0 Å². The van der Waals surface area contributed by atoms with Gasteiger partial charge in [-0.2, -0.15) is 0 Å². The lowest BCUT2D eigenvalue weighted by Crippen LogP contribution is -2.36. The van der Waals surface area contributed by atoms with E-state index in [0.717, 1.165) is 35.0 Å². The first-order valence-electron chi connectivity index (χ1n) is 8.15. The van der Waals surface area contributed by atoms with Gasteiger partial charge in [0.2, 0.25) is 0 Å². The van der Waals surface area contributed by atoms with Gasteiger partial charge in [-0.05, 0) is 19.1 Å². The number of nitrogens with one attached hydrogen (secondary N) is 1. The fourth-order valence-corrected chi connectivity index (χ4v) is 2.94. The molecule has 0 saturated heterocycles. The van der Waals surface area contributed by atoms with Crippen LogP contribution in [0.4, 0.5) is 0 Å². The molecule has 0 aliphatic carbocycles. The van der Waals surface area contributed by atoms with E-state index in [0.29, 0.717) is 19.7 Å². The Morgan fingerprint density at radius 3 is 2.88 bits per heavy atom. The molecule has 3 aromatic rings. The van der Waals surface area contributed by atoms with E-state index in [9.17, 15) is 0 Å². The number of aryl methyl sites for hydroxylation is 1. The van der Waals surface area contributed by atoms with Crippen LogP contribution < -0.4 is 5.32 Å². The first-order valence-corrected chi connectivity index (χ1v) is 8.15.